The van der Waals surface area contributed by atoms with Crippen molar-refractivity contribution in [3.8, 4) is 22.6 Å². The highest BCUT2D eigenvalue weighted by Crippen LogP contribution is 2.40. The zero-order chi connectivity index (χ0) is 24.2. The molecule has 0 aliphatic rings. The highest BCUT2D eigenvalue weighted by Gasteiger charge is 2.20. The van der Waals surface area contributed by atoms with E-state index in [1.54, 1.807) is 18.1 Å². The summed E-state index contributed by atoms with van der Waals surface area (Å²) < 4.78 is 13.5. The maximum Gasteiger partial charge on any atom is 0.415 e. The summed E-state index contributed by atoms with van der Waals surface area (Å²) in [6.07, 6.45) is 1.62. The quantitative estimate of drug-likeness (QED) is 0.265. The zero-order valence-electron chi connectivity index (χ0n) is 19.3. The lowest BCUT2D eigenvalue weighted by molar-refractivity contribution is 0.157. The molecule has 0 atom stereocenters. The van der Waals surface area contributed by atoms with Crippen LogP contribution in [0.3, 0.4) is 0 Å². The van der Waals surface area contributed by atoms with E-state index in [0.717, 1.165) is 33.3 Å². The van der Waals surface area contributed by atoms with E-state index in [1.165, 1.54) is 0 Å². The van der Waals surface area contributed by atoms with Crippen molar-refractivity contribution < 1.29 is 14.3 Å². The van der Waals surface area contributed by atoms with Gasteiger partial charge in [0, 0.05) is 51.4 Å². The summed E-state index contributed by atoms with van der Waals surface area (Å²) >= 11 is 12.7. The lowest BCUT2D eigenvalue weighted by Crippen LogP contribution is -2.33. The average Bonchev–Trinajstić information content (AvgIpc) is 3.22. The van der Waals surface area contributed by atoms with Crippen molar-refractivity contribution in [3.05, 3.63) is 82.5 Å². The van der Waals surface area contributed by atoms with E-state index in [4.69, 9.17) is 32.7 Å². The average molecular weight is 497 g/mol. The Balaban J connectivity index is 1.85. The Labute approximate surface area is 209 Å². The van der Waals surface area contributed by atoms with Crippen molar-refractivity contribution in [3.63, 3.8) is 0 Å². The first-order valence-electron chi connectivity index (χ1n) is 11.1. The summed E-state index contributed by atoms with van der Waals surface area (Å²) in [6.45, 7) is 5.59. The van der Waals surface area contributed by atoms with Gasteiger partial charge < -0.3 is 18.9 Å². The number of carbonyl (C=O) groups is 1. The second-order valence-electron chi connectivity index (χ2n) is 7.83. The fourth-order valence-electron chi connectivity index (χ4n) is 4.13. The molecule has 0 radical (unpaired) electrons. The van der Waals surface area contributed by atoms with Crippen LogP contribution in [-0.2, 0) is 6.54 Å². The number of methoxy groups -OCH3 is 1. The van der Waals surface area contributed by atoms with Crippen molar-refractivity contribution in [2.75, 3.05) is 20.2 Å². The first kappa shape index (κ1) is 24.0. The zero-order valence-corrected chi connectivity index (χ0v) is 20.9. The molecule has 0 fully saturated rings. The molecule has 176 valence electrons. The van der Waals surface area contributed by atoms with Crippen LogP contribution in [0.1, 0.15) is 19.4 Å². The minimum atomic E-state index is -0.396. The number of hydrogen-bond donors (Lipinski definition) is 0. The molecule has 34 heavy (non-hydrogen) atoms. The molecule has 0 aliphatic heterocycles. The predicted molar refractivity (Wildman–Crippen MR) is 138 cm³/mol. The fourth-order valence-corrected chi connectivity index (χ4v) is 4.65. The van der Waals surface area contributed by atoms with E-state index >= 15 is 0 Å². The summed E-state index contributed by atoms with van der Waals surface area (Å²) in [7, 11) is 1.67. The van der Waals surface area contributed by atoms with Gasteiger partial charge in [0.1, 0.15) is 11.5 Å². The molecule has 4 aromatic rings. The van der Waals surface area contributed by atoms with Gasteiger partial charge in [-0.2, -0.15) is 0 Å². The molecule has 0 bridgehead atoms. The molecule has 0 spiro atoms. The molecule has 3 aromatic carbocycles. The van der Waals surface area contributed by atoms with Gasteiger partial charge in [-0.15, -0.1) is 0 Å². The maximum atomic E-state index is 12.8. The minimum Gasteiger partial charge on any atom is -0.496 e. The minimum absolute atomic E-state index is 0.396. The molecule has 0 saturated carbocycles. The third-order valence-corrected chi connectivity index (χ3v) is 6.25. The maximum absolute atomic E-state index is 12.8. The number of fused-ring (bicyclic) bond motifs is 1. The Kier molecular flexibility index (Phi) is 7.35. The third-order valence-electron chi connectivity index (χ3n) is 5.82. The van der Waals surface area contributed by atoms with Gasteiger partial charge in [0.2, 0.25) is 0 Å². The molecule has 0 aliphatic carbocycles. The summed E-state index contributed by atoms with van der Waals surface area (Å²) in [5.74, 6) is 1.29. The van der Waals surface area contributed by atoms with E-state index in [0.29, 0.717) is 35.4 Å². The fraction of sp³-hybridized carbons (Fsp3) is 0.222. The normalized spacial score (nSPS) is 11.0. The molecule has 0 unspecified atom stereocenters. The summed E-state index contributed by atoms with van der Waals surface area (Å²) in [6, 6.07) is 19.1. The van der Waals surface area contributed by atoms with Crippen LogP contribution in [0.4, 0.5) is 4.79 Å². The van der Waals surface area contributed by atoms with E-state index < -0.39 is 6.09 Å². The molecule has 7 heteroatoms. The topological polar surface area (TPSA) is 43.7 Å². The number of carbonyl (C=O) groups excluding carboxylic acids is 1. The van der Waals surface area contributed by atoms with Crippen molar-refractivity contribution in [1.82, 2.24) is 9.47 Å². The highest BCUT2D eigenvalue weighted by molar-refractivity contribution is 6.35. The van der Waals surface area contributed by atoms with Crippen molar-refractivity contribution in [2.24, 2.45) is 0 Å². The Morgan fingerprint density at radius 2 is 1.65 bits per heavy atom. The Morgan fingerprint density at radius 1 is 0.941 bits per heavy atom. The van der Waals surface area contributed by atoms with Crippen LogP contribution in [0, 0.1) is 0 Å². The first-order valence-corrected chi connectivity index (χ1v) is 11.9. The molecule has 4 rings (SSSR count). The van der Waals surface area contributed by atoms with Crippen LogP contribution in [0.2, 0.25) is 10.0 Å². The van der Waals surface area contributed by atoms with Gasteiger partial charge in [0.25, 0.3) is 0 Å². The van der Waals surface area contributed by atoms with E-state index in [2.05, 4.69) is 4.57 Å². The van der Waals surface area contributed by atoms with Gasteiger partial charge in [-0.25, -0.2) is 4.79 Å². The van der Waals surface area contributed by atoms with Crippen LogP contribution in [0.15, 0.2) is 66.9 Å². The largest absolute Gasteiger partial charge is 0.496 e. The Bertz CT molecular complexity index is 1310. The molecule has 0 saturated heterocycles. The van der Waals surface area contributed by atoms with Crippen LogP contribution in [0.5, 0.6) is 11.5 Å². The van der Waals surface area contributed by atoms with E-state index in [1.807, 2.05) is 74.6 Å². The molecular formula is C27H26Cl2N2O3. The molecule has 1 amide bonds. The molecule has 0 N–H and O–H groups in total. The van der Waals surface area contributed by atoms with E-state index in [-0.39, 0.29) is 0 Å². The number of hydrogen-bond acceptors (Lipinski definition) is 3. The van der Waals surface area contributed by atoms with Gasteiger partial charge in [-0.3, -0.25) is 0 Å². The van der Waals surface area contributed by atoms with Gasteiger partial charge >= 0.3 is 6.09 Å². The smallest absolute Gasteiger partial charge is 0.415 e. The Hall–Kier alpha value is -3.15. The number of nitrogens with zero attached hydrogens (tertiary/aromatic N) is 2. The van der Waals surface area contributed by atoms with Crippen molar-refractivity contribution >= 4 is 40.2 Å². The van der Waals surface area contributed by atoms with Crippen molar-refractivity contribution in [2.45, 2.75) is 20.4 Å². The number of halogens is 2. The van der Waals surface area contributed by atoms with Crippen LogP contribution < -0.4 is 9.47 Å². The molecule has 5 nitrogen and oxygen atoms in total. The lowest BCUT2D eigenvalue weighted by atomic mass is 10.0. The third kappa shape index (κ3) is 4.86. The second kappa shape index (κ2) is 10.4. The van der Waals surface area contributed by atoms with Gasteiger partial charge in [-0.05, 0) is 61.9 Å². The molecule has 1 heterocycles. The summed E-state index contributed by atoms with van der Waals surface area (Å²) in [5.41, 5.74) is 3.59. The van der Waals surface area contributed by atoms with Crippen molar-refractivity contribution in [1.29, 1.82) is 0 Å². The number of rotatable bonds is 7. The number of aromatic nitrogens is 1. The number of benzene rings is 3. The molecule has 1 aromatic heterocycles. The van der Waals surface area contributed by atoms with Gasteiger partial charge in [0.05, 0.1) is 13.7 Å². The van der Waals surface area contributed by atoms with Crippen LogP contribution in [-0.4, -0.2) is 35.8 Å². The second-order valence-corrected chi connectivity index (χ2v) is 8.70. The first-order chi connectivity index (χ1) is 16.4. The monoisotopic (exact) mass is 496 g/mol. The van der Waals surface area contributed by atoms with Gasteiger partial charge in [-0.1, -0.05) is 41.4 Å². The number of amides is 1. The summed E-state index contributed by atoms with van der Waals surface area (Å²) in [4.78, 5) is 14.4. The van der Waals surface area contributed by atoms with E-state index in [9.17, 15) is 4.79 Å². The highest BCUT2D eigenvalue weighted by atomic mass is 35.5. The lowest BCUT2D eigenvalue weighted by Gasteiger charge is -2.20. The number of para-hydroxylation sites is 1. The standard InChI is InChI=1S/C27H26Cl2N2O3/c1-4-30(5-2)27(32)34-25-11-10-23-22(26(25)19-14-20(28)16-21(29)15-19)12-13-31(23)17-18-8-6-7-9-24(18)33-3/h6-16H,4-5,17H2,1-3H3. The van der Waals surface area contributed by atoms with Crippen LogP contribution in [0.25, 0.3) is 22.0 Å². The van der Waals surface area contributed by atoms with Crippen LogP contribution >= 0.6 is 23.2 Å². The predicted octanol–water partition coefficient (Wildman–Crippen LogP) is 7.51. The summed E-state index contributed by atoms with van der Waals surface area (Å²) in [5, 5.41) is 1.95. The van der Waals surface area contributed by atoms with Gasteiger partial charge in [0.15, 0.2) is 0 Å². The SMILES string of the molecule is CCN(CC)C(=O)Oc1ccc2c(ccn2Cc2ccccc2OC)c1-c1cc(Cl)cc(Cl)c1. The number of ether oxygens (including phenoxy) is 2. The Morgan fingerprint density at radius 3 is 2.32 bits per heavy atom. The molecular weight excluding hydrogens is 471 g/mol.